The van der Waals surface area contributed by atoms with E-state index in [1.807, 2.05) is 22.6 Å². The van der Waals surface area contributed by atoms with Gasteiger partial charge in [0.05, 0.1) is 5.56 Å². The number of rotatable bonds is 4. The summed E-state index contributed by atoms with van der Waals surface area (Å²) in [5.74, 6) is -0.473. The van der Waals surface area contributed by atoms with Crippen molar-refractivity contribution < 1.29 is 9.18 Å². The van der Waals surface area contributed by atoms with Gasteiger partial charge >= 0.3 is 0 Å². The van der Waals surface area contributed by atoms with Crippen molar-refractivity contribution in [1.29, 1.82) is 0 Å². The molecule has 0 saturated carbocycles. The van der Waals surface area contributed by atoms with E-state index in [2.05, 4.69) is 42.0 Å². The highest BCUT2D eigenvalue weighted by atomic mass is 127. The predicted octanol–water partition coefficient (Wildman–Crippen LogP) is 4.36. The first kappa shape index (κ1) is 16.9. The monoisotopic (exact) mass is 441 g/mol. The molecule has 1 N–H and O–H groups in total. The number of carbonyl (C=O) groups excluding carboxylic acids is 1. The molecular formula is C14H18BrFINO. The standard InChI is InChI=1S/C14H18BrFINO/c1-14(2,3)12(6-7-15)18-13(19)10-5-4-9(16)8-11(10)17/h4-5,8,12H,6-7H2,1-3H3,(H,18,19). The van der Waals surface area contributed by atoms with E-state index in [1.165, 1.54) is 18.2 Å². The second-order valence-electron chi connectivity index (χ2n) is 5.49. The first-order valence-corrected chi connectivity index (χ1v) is 8.27. The van der Waals surface area contributed by atoms with E-state index in [4.69, 9.17) is 0 Å². The molecule has 1 aromatic carbocycles. The van der Waals surface area contributed by atoms with Crippen LogP contribution in [0.1, 0.15) is 37.6 Å². The summed E-state index contributed by atoms with van der Waals surface area (Å²) < 4.78 is 13.7. The van der Waals surface area contributed by atoms with Crippen LogP contribution in [-0.4, -0.2) is 17.3 Å². The Morgan fingerprint density at radius 2 is 2.11 bits per heavy atom. The molecule has 1 amide bonds. The van der Waals surface area contributed by atoms with E-state index in [0.717, 1.165) is 11.8 Å². The molecule has 0 aliphatic rings. The summed E-state index contributed by atoms with van der Waals surface area (Å²) in [6.07, 6.45) is 0.854. The van der Waals surface area contributed by atoms with Crippen LogP contribution in [0.15, 0.2) is 18.2 Å². The van der Waals surface area contributed by atoms with Crippen molar-refractivity contribution >= 4 is 44.4 Å². The maximum absolute atomic E-state index is 13.0. The van der Waals surface area contributed by atoms with E-state index >= 15 is 0 Å². The van der Waals surface area contributed by atoms with Crippen molar-refractivity contribution in [3.8, 4) is 0 Å². The van der Waals surface area contributed by atoms with Crippen LogP contribution in [0.25, 0.3) is 0 Å². The smallest absolute Gasteiger partial charge is 0.252 e. The summed E-state index contributed by atoms with van der Waals surface area (Å²) in [4.78, 5) is 12.3. The maximum Gasteiger partial charge on any atom is 0.252 e. The fourth-order valence-corrected chi connectivity index (χ4v) is 2.92. The molecule has 0 saturated heterocycles. The zero-order valence-electron chi connectivity index (χ0n) is 11.3. The molecule has 0 spiro atoms. The molecule has 1 aromatic rings. The Balaban J connectivity index is 2.88. The lowest BCUT2D eigenvalue weighted by molar-refractivity contribution is 0.0900. The summed E-state index contributed by atoms with van der Waals surface area (Å²) in [7, 11) is 0. The fourth-order valence-electron chi connectivity index (χ4n) is 1.74. The molecular weight excluding hydrogens is 424 g/mol. The number of benzene rings is 1. The van der Waals surface area contributed by atoms with Gasteiger partial charge in [0.2, 0.25) is 0 Å². The molecule has 0 bridgehead atoms. The first-order chi connectivity index (χ1) is 8.75. The molecule has 0 heterocycles. The molecule has 2 nitrogen and oxygen atoms in total. The van der Waals surface area contributed by atoms with Gasteiger partial charge in [0, 0.05) is 14.9 Å². The number of halogens is 3. The summed E-state index contributed by atoms with van der Waals surface area (Å²) >= 11 is 5.39. The SMILES string of the molecule is CC(C)(C)C(CCBr)NC(=O)c1ccc(F)cc1I. The van der Waals surface area contributed by atoms with Crippen LogP contribution < -0.4 is 5.32 Å². The summed E-state index contributed by atoms with van der Waals surface area (Å²) in [5, 5.41) is 3.87. The Labute approximate surface area is 135 Å². The molecule has 1 rings (SSSR count). The van der Waals surface area contributed by atoms with E-state index in [1.54, 1.807) is 0 Å². The average Bonchev–Trinajstić information content (AvgIpc) is 2.26. The third-order valence-electron chi connectivity index (χ3n) is 2.92. The van der Waals surface area contributed by atoms with Gasteiger partial charge in [-0.15, -0.1) is 0 Å². The first-order valence-electron chi connectivity index (χ1n) is 6.07. The number of amides is 1. The second-order valence-corrected chi connectivity index (χ2v) is 7.45. The quantitative estimate of drug-likeness (QED) is 0.545. The largest absolute Gasteiger partial charge is 0.349 e. The van der Waals surface area contributed by atoms with Crippen LogP contribution >= 0.6 is 38.5 Å². The minimum atomic E-state index is -0.325. The Bertz CT molecular complexity index is 459. The highest BCUT2D eigenvalue weighted by Gasteiger charge is 2.26. The Kier molecular flexibility index (Phi) is 6.23. The van der Waals surface area contributed by atoms with Crippen molar-refractivity contribution in [1.82, 2.24) is 5.32 Å². The maximum atomic E-state index is 13.0. The van der Waals surface area contributed by atoms with Crippen molar-refractivity contribution in [3.05, 3.63) is 33.1 Å². The predicted molar refractivity (Wildman–Crippen MR) is 88.2 cm³/mol. The van der Waals surface area contributed by atoms with Gasteiger partial charge in [-0.3, -0.25) is 4.79 Å². The third-order valence-corrected chi connectivity index (χ3v) is 4.27. The van der Waals surface area contributed by atoms with E-state index in [-0.39, 0.29) is 23.2 Å². The van der Waals surface area contributed by atoms with Gasteiger partial charge in [-0.05, 0) is 52.6 Å². The van der Waals surface area contributed by atoms with Crippen LogP contribution in [0.5, 0.6) is 0 Å². The summed E-state index contributed by atoms with van der Waals surface area (Å²) in [6, 6.07) is 4.28. The third kappa shape index (κ3) is 5.02. The normalized spacial score (nSPS) is 13.2. The Hall–Kier alpha value is -0.170. The zero-order valence-corrected chi connectivity index (χ0v) is 15.0. The van der Waals surface area contributed by atoms with E-state index in [9.17, 15) is 9.18 Å². The number of hydrogen-bond donors (Lipinski definition) is 1. The van der Waals surface area contributed by atoms with Crippen LogP contribution in [-0.2, 0) is 0 Å². The highest BCUT2D eigenvalue weighted by molar-refractivity contribution is 14.1. The number of nitrogens with one attached hydrogen (secondary N) is 1. The minimum Gasteiger partial charge on any atom is -0.349 e. The Morgan fingerprint density at radius 1 is 1.47 bits per heavy atom. The van der Waals surface area contributed by atoms with Crippen LogP contribution in [0.4, 0.5) is 4.39 Å². The molecule has 0 radical (unpaired) electrons. The number of alkyl halides is 1. The number of carbonyl (C=O) groups is 1. The lowest BCUT2D eigenvalue weighted by Gasteiger charge is -2.31. The van der Waals surface area contributed by atoms with Gasteiger partial charge in [0.25, 0.3) is 5.91 Å². The van der Waals surface area contributed by atoms with Crippen molar-refractivity contribution in [2.75, 3.05) is 5.33 Å². The van der Waals surface area contributed by atoms with Gasteiger partial charge in [0.1, 0.15) is 5.82 Å². The van der Waals surface area contributed by atoms with Gasteiger partial charge in [-0.25, -0.2) is 4.39 Å². The van der Waals surface area contributed by atoms with Crippen LogP contribution in [0.3, 0.4) is 0 Å². The summed E-state index contributed by atoms with van der Waals surface area (Å²) in [5.41, 5.74) is 0.500. The van der Waals surface area contributed by atoms with E-state index < -0.39 is 0 Å². The highest BCUT2D eigenvalue weighted by Crippen LogP contribution is 2.23. The molecule has 0 fully saturated rings. The second kappa shape index (κ2) is 7.02. The molecule has 0 aliphatic heterocycles. The average molecular weight is 442 g/mol. The zero-order chi connectivity index (χ0) is 14.6. The lowest BCUT2D eigenvalue weighted by atomic mass is 9.85. The fraction of sp³-hybridized carbons (Fsp3) is 0.500. The molecule has 0 aromatic heterocycles. The molecule has 1 atom stereocenters. The van der Waals surface area contributed by atoms with Gasteiger partial charge in [-0.2, -0.15) is 0 Å². The van der Waals surface area contributed by atoms with Crippen LogP contribution in [0.2, 0.25) is 0 Å². The molecule has 106 valence electrons. The van der Waals surface area contributed by atoms with E-state index in [0.29, 0.717) is 9.13 Å². The van der Waals surface area contributed by atoms with Gasteiger partial charge in [-0.1, -0.05) is 36.7 Å². The summed E-state index contributed by atoms with van der Waals surface area (Å²) in [6.45, 7) is 6.28. The number of hydrogen-bond acceptors (Lipinski definition) is 1. The molecule has 1 unspecified atom stereocenters. The molecule has 19 heavy (non-hydrogen) atoms. The van der Waals surface area contributed by atoms with Crippen molar-refractivity contribution in [2.45, 2.75) is 33.2 Å². The molecule has 5 heteroatoms. The van der Waals surface area contributed by atoms with Gasteiger partial charge < -0.3 is 5.32 Å². The molecule has 0 aliphatic carbocycles. The van der Waals surface area contributed by atoms with Crippen LogP contribution in [0, 0.1) is 14.8 Å². The topological polar surface area (TPSA) is 29.1 Å². The van der Waals surface area contributed by atoms with Crippen molar-refractivity contribution in [3.63, 3.8) is 0 Å². The lowest BCUT2D eigenvalue weighted by Crippen LogP contribution is -2.44. The minimum absolute atomic E-state index is 0.0190. The Morgan fingerprint density at radius 3 is 2.58 bits per heavy atom. The van der Waals surface area contributed by atoms with Gasteiger partial charge in [0.15, 0.2) is 0 Å². The van der Waals surface area contributed by atoms with Crippen molar-refractivity contribution in [2.24, 2.45) is 5.41 Å².